The molecule has 4 heteroatoms. The van der Waals surface area contributed by atoms with Crippen LogP contribution in [0, 0.1) is 0 Å². The SMILES string of the molecule is CCOCCCNc1nccn1Cc1ccccc1CC. The summed E-state index contributed by atoms with van der Waals surface area (Å²) in [5.41, 5.74) is 2.75. The number of aromatic nitrogens is 2. The first-order valence-electron chi connectivity index (χ1n) is 7.74. The van der Waals surface area contributed by atoms with Gasteiger partial charge in [-0.15, -0.1) is 0 Å². The summed E-state index contributed by atoms with van der Waals surface area (Å²) in [6.07, 6.45) is 5.92. The van der Waals surface area contributed by atoms with E-state index in [0.29, 0.717) is 0 Å². The molecule has 0 aliphatic rings. The molecule has 2 aromatic rings. The average Bonchev–Trinajstić information content (AvgIpc) is 2.95. The summed E-state index contributed by atoms with van der Waals surface area (Å²) in [5, 5.41) is 3.38. The molecular formula is C17H25N3O. The number of hydrogen-bond donors (Lipinski definition) is 1. The normalized spacial score (nSPS) is 10.8. The maximum absolute atomic E-state index is 5.34. The van der Waals surface area contributed by atoms with Crippen molar-refractivity contribution in [3.8, 4) is 0 Å². The van der Waals surface area contributed by atoms with Gasteiger partial charge in [-0.2, -0.15) is 0 Å². The van der Waals surface area contributed by atoms with Gasteiger partial charge in [-0.25, -0.2) is 4.98 Å². The van der Waals surface area contributed by atoms with Gasteiger partial charge in [-0.1, -0.05) is 31.2 Å². The minimum absolute atomic E-state index is 0.780. The number of nitrogens with zero attached hydrogens (tertiary/aromatic N) is 2. The maximum atomic E-state index is 5.34. The second-order valence-corrected chi connectivity index (χ2v) is 4.98. The summed E-state index contributed by atoms with van der Waals surface area (Å²) >= 11 is 0. The van der Waals surface area contributed by atoms with Gasteiger partial charge in [0.25, 0.3) is 0 Å². The molecule has 0 fully saturated rings. The van der Waals surface area contributed by atoms with E-state index in [4.69, 9.17) is 4.74 Å². The zero-order chi connectivity index (χ0) is 14.9. The van der Waals surface area contributed by atoms with Gasteiger partial charge in [0.15, 0.2) is 0 Å². The van der Waals surface area contributed by atoms with Crippen LogP contribution in [-0.4, -0.2) is 29.3 Å². The van der Waals surface area contributed by atoms with Crippen LogP contribution in [0.4, 0.5) is 5.95 Å². The van der Waals surface area contributed by atoms with Crippen molar-refractivity contribution in [1.82, 2.24) is 9.55 Å². The molecule has 1 aromatic carbocycles. The first kappa shape index (κ1) is 15.6. The number of rotatable bonds is 9. The lowest BCUT2D eigenvalue weighted by molar-refractivity contribution is 0.147. The van der Waals surface area contributed by atoms with Crippen molar-refractivity contribution in [2.45, 2.75) is 33.2 Å². The molecular weight excluding hydrogens is 262 g/mol. The zero-order valence-electron chi connectivity index (χ0n) is 13.0. The average molecular weight is 287 g/mol. The number of benzene rings is 1. The van der Waals surface area contributed by atoms with Crippen LogP contribution < -0.4 is 5.32 Å². The predicted molar refractivity (Wildman–Crippen MR) is 86.7 cm³/mol. The molecule has 2 rings (SSSR count). The van der Waals surface area contributed by atoms with Crippen molar-refractivity contribution < 1.29 is 4.74 Å². The highest BCUT2D eigenvalue weighted by Crippen LogP contribution is 2.14. The van der Waals surface area contributed by atoms with Gasteiger partial charge >= 0.3 is 0 Å². The molecule has 0 amide bonds. The third kappa shape index (κ3) is 4.60. The highest BCUT2D eigenvalue weighted by molar-refractivity contribution is 5.31. The highest BCUT2D eigenvalue weighted by Gasteiger charge is 2.05. The largest absolute Gasteiger partial charge is 0.382 e. The second kappa shape index (κ2) is 8.47. The number of aryl methyl sites for hydroxylation is 1. The van der Waals surface area contributed by atoms with Gasteiger partial charge in [0, 0.05) is 32.2 Å². The smallest absolute Gasteiger partial charge is 0.203 e. The third-order valence-electron chi connectivity index (χ3n) is 3.51. The minimum atomic E-state index is 0.780. The van der Waals surface area contributed by atoms with E-state index >= 15 is 0 Å². The second-order valence-electron chi connectivity index (χ2n) is 4.98. The van der Waals surface area contributed by atoms with Crippen molar-refractivity contribution in [2.75, 3.05) is 25.1 Å². The van der Waals surface area contributed by atoms with E-state index in [1.54, 1.807) is 0 Å². The molecule has 0 aliphatic carbocycles. The van der Waals surface area contributed by atoms with E-state index in [9.17, 15) is 0 Å². The lowest BCUT2D eigenvalue weighted by Crippen LogP contribution is -2.11. The fourth-order valence-electron chi connectivity index (χ4n) is 2.36. The molecule has 0 saturated heterocycles. The minimum Gasteiger partial charge on any atom is -0.382 e. The third-order valence-corrected chi connectivity index (χ3v) is 3.51. The Morgan fingerprint density at radius 1 is 1.19 bits per heavy atom. The number of imidazole rings is 1. The van der Waals surface area contributed by atoms with E-state index in [1.165, 1.54) is 11.1 Å². The van der Waals surface area contributed by atoms with Crippen LogP contribution in [0.25, 0.3) is 0 Å². The van der Waals surface area contributed by atoms with Crippen molar-refractivity contribution in [3.05, 3.63) is 47.8 Å². The Hall–Kier alpha value is -1.81. The molecule has 0 bridgehead atoms. The molecule has 0 unspecified atom stereocenters. The van der Waals surface area contributed by atoms with E-state index in [0.717, 1.165) is 45.1 Å². The van der Waals surface area contributed by atoms with Crippen LogP contribution in [0.15, 0.2) is 36.7 Å². The highest BCUT2D eigenvalue weighted by atomic mass is 16.5. The Balaban J connectivity index is 1.93. The molecule has 0 radical (unpaired) electrons. The van der Waals surface area contributed by atoms with Crippen LogP contribution in [0.5, 0.6) is 0 Å². The maximum Gasteiger partial charge on any atom is 0.203 e. The van der Waals surface area contributed by atoms with Gasteiger partial charge in [0.05, 0.1) is 6.54 Å². The monoisotopic (exact) mass is 287 g/mol. The molecule has 21 heavy (non-hydrogen) atoms. The number of anilines is 1. The standard InChI is InChI=1S/C17H25N3O/c1-3-15-8-5-6-9-16(15)14-20-12-11-19-17(20)18-10-7-13-21-4-2/h5-6,8-9,11-12H,3-4,7,10,13-14H2,1-2H3,(H,18,19). The van der Waals surface area contributed by atoms with E-state index in [1.807, 2.05) is 19.3 Å². The molecule has 114 valence electrons. The summed E-state index contributed by atoms with van der Waals surface area (Å²) in [6.45, 7) is 7.53. The number of hydrogen-bond acceptors (Lipinski definition) is 3. The van der Waals surface area contributed by atoms with Gasteiger partial charge < -0.3 is 14.6 Å². The molecule has 0 atom stereocenters. The fourth-order valence-corrected chi connectivity index (χ4v) is 2.36. The van der Waals surface area contributed by atoms with Crippen LogP contribution in [0.1, 0.15) is 31.4 Å². The summed E-state index contributed by atoms with van der Waals surface area (Å²) in [7, 11) is 0. The summed E-state index contributed by atoms with van der Waals surface area (Å²) in [6, 6.07) is 8.59. The fraction of sp³-hybridized carbons (Fsp3) is 0.471. The van der Waals surface area contributed by atoms with Gasteiger partial charge in [0.2, 0.25) is 5.95 Å². The summed E-state index contributed by atoms with van der Waals surface area (Å²) < 4.78 is 7.50. The van der Waals surface area contributed by atoms with E-state index < -0.39 is 0 Å². The van der Waals surface area contributed by atoms with E-state index in [2.05, 4.69) is 46.1 Å². The lowest BCUT2D eigenvalue weighted by atomic mass is 10.1. The van der Waals surface area contributed by atoms with Crippen LogP contribution in [0.2, 0.25) is 0 Å². The predicted octanol–water partition coefficient (Wildman–Crippen LogP) is 3.33. The van der Waals surface area contributed by atoms with Crippen molar-refractivity contribution in [1.29, 1.82) is 0 Å². The topological polar surface area (TPSA) is 39.1 Å². The number of ether oxygens (including phenoxy) is 1. The van der Waals surface area contributed by atoms with Crippen molar-refractivity contribution in [2.24, 2.45) is 0 Å². The Morgan fingerprint density at radius 2 is 2.00 bits per heavy atom. The molecule has 0 aliphatic heterocycles. The lowest BCUT2D eigenvalue weighted by Gasteiger charge is -2.12. The van der Waals surface area contributed by atoms with Crippen molar-refractivity contribution >= 4 is 5.95 Å². The quantitative estimate of drug-likeness (QED) is 0.719. The Labute approximate surface area is 127 Å². The van der Waals surface area contributed by atoms with Gasteiger partial charge in [0.1, 0.15) is 0 Å². The molecule has 0 spiro atoms. The van der Waals surface area contributed by atoms with E-state index in [-0.39, 0.29) is 0 Å². The van der Waals surface area contributed by atoms with Crippen LogP contribution in [0.3, 0.4) is 0 Å². The Bertz CT molecular complexity index is 536. The van der Waals surface area contributed by atoms with Gasteiger partial charge in [-0.05, 0) is 30.9 Å². The molecule has 1 aromatic heterocycles. The molecule has 0 saturated carbocycles. The Kier molecular flexibility index (Phi) is 6.28. The summed E-state index contributed by atoms with van der Waals surface area (Å²) in [4.78, 5) is 4.40. The molecule has 1 heterocycles. The summed E-state index contributed by atoms with van der Waals surface area (Å²) in [5.74, 6) is 0.928. The molecule has 1 N–H and O–H groups in total. The first-order valence-corrected chi connectivity index (χ1v) is 7.74. The first-order chi connectivity index (χ1) is 10.3. The Morgan fingerprint density at radius 3 is 2.76 bits per heavy atom. The zero-order valence-corrected chi connectivity index (χ0v) is 13.0. The van der Waals surface area contributed by atoms with Crippen LogP contribution >= 0.6 is 0 Å². The van der Waals surface area contributed by atoms with Gasteiger partial charge in [-0.3, -0.25) is 0 Å². The number of nitrogens with one attached hydrogen (secondary N) is 1. The van der Waals surface area contributed by atoms with Crippen molar-refractivity contribution in [3.63, 3.8) is 0 Å². The molecule has 4 nitrogen and oxygen atoms in total. The van der Waals surface area contributed by atoms with Crippen LogP contribution in [-0.2, 0) is 17.7 Å².